The van der Waals surface area contributed by atoms with E-state index in [9.17, 15) is 29.3 Å². The van der Waals surface area contributed by atoms with Gasteiger partial charge in [-0.2, -0.15) is 0 Å². The summed E-state index contributed by atoms with van der Waals surface area (Å²) in [5, 5.41) is 20.3. The van der Waals surface area contributed by atoms with Crippen molar-refractivity contribution >= 4 is 19.8 Å². The first kappa shape index (κ1) is 56.9. The molecule has 0 aliphatic heterocycles. The number of phosphoric acid groups is 1. The van der Waals surface area contributed by atoms with E-state index < -0.39 is 44.7 Å². The molecule has 0 heterocycles. The lowest BCUT2D eigenvalue weighted by Crippen LogP contribution is -2.29. The molecule has 12 heteroatoms. The number of aliphatic hydroxyl groups is 2. The third-order valence-corrected chi connectivity index (χ3v) is 10.9. The van der Waals surface area contributed by atoms with Crippen LogP contribution in [0.2, 0.25) is 0 Å². The largest absolute Gasteiger partial charge is 0.472 e. The van der Waals surface area contributed by atoms with Crippen LogP contribution in [-0.2, 0) is 32.7 Å². The number of carbonyl (C=O) groups excluding carboxylic acids is 2. The number of ether oxygens (including phenoxy) is 2. The van der Waals surface area contributed by atoms with E-state index in [1.54, 1.807) is 36.5 Å². The number of nitrogens with two attached hydrogens (primary N) is 1. The Morgan fingerprint density at radius 3 is 1.63 bits per heavy atom. The second-order valence-corrected chi connectivity index (χ2v) is 17.1. The number of hydrogen-bond donors (Lipinski definition) is 4. The highest BCUT2D eigenvalue weighted by Gasteiger charge is 2.26. The van der Waals surface area contributed by atoms with E-state index in [1.165, 1.54) is 116 Å². The summed E-state index contributed by atoms with van der Waals surface area (Å²) >= 11 is 0. The van der Waals surface area contributed by atoms with E-state index in [2.05, 4.69) is 19.9 Å². The molecular formula is C47H86NO10P. The fraction of sp³-hybridized carbons (Fsp3) is 0.787. The lowest BCUT2D eigenvalue weighted by molar-refractivity contribution is -0.161. The second-order valence-electron chi connectivity index (χ2n) is 15.7. The summed E-state index contributed by atoms with van der Waals surface area (Å²) in [6.45, 7) is 3.40. The highest BCUT2D eigenvalue weighted by atomic mass is 31.2. The monoisotopic (exact) mass is 856 g/mol. The molecule has 0 bridgehead atoms. The fourth-order valence-corrected chi connectivity index (χ4v) is 7.12. The third-order valence-electron chi connectivity index (χ3n) is 9.91. The van der Waals surface area contributed by atoms with E-state index in [4.69, 9.17) is 24.3 Å². The Morgan fingerprint density at radius 2 is 1.08 bits per heavy atom. The molecule has 0 radical (unpaired) electrons. The van der Waals surface area contributed by atoms with Gasteiger partial charge in [0.1, 0.15) is 6.61 Å². The average molecular weight is 856 g/mol. The minimum atomic E-state index is -4.45. The molecule has 0 saturated heterocycles. The standard InChI is InChI=1S/C47H86NO10P/c1-3-5-7-9-11-12-13-14-15-16-17-18-19-20-21-22-23-25-31-37-46(51)55-41-45(42-57-59(53,54)56-40-39-48)58-47(52)38-32-36-44(50)35-30-27-26-29-34-43(49)33-28-24-10-8-6-4-2/h24,26-30,34-35,43-45,49-50H,3-23,25,31-33,36-42,48H2,1-2H3,(H,53,54)/b27-26+,28-24-,34-29+,35-30-/t43-,44-,45+/m0/s1. The molecule has 59 heavy (non-hydrogen) atoms. The normalized spacial score (nSPS) is 14.7. The van der Waals surface area contributed by atoms with Crippen LogP contribution >= 0.6 is 7.82 Å². The van der Waals surface area contributed by atoms with E-state index in [1.807, 2.05) is 6.08 Å². The van der Waals surface area contributed by atoms with Crippen LogP contribution in [0.5, 0.6) is 0 Å². The zero-order chi connectivity index (χ0) is 43.5. The van der Waals surface area contributed by atoms with Crippen molar-refractivity contribution in [2.75, 3.05) is 26.4 Å². The SMILES string of the molecule is CCCCC/C=C\C[C@H](O)/C=C/C=C/C=C\[C@H](O)CCCC(=O)O[C@H](COC(=O)CCCCCCCCCCCCCCCCCCCCC)COP(=O)(O)OCCN. The number of phosphoric ester groups is 1. The predicted octanol–water partition coefficient (Wildman–Crippen LogP) is 11.4. The minimum Gasteiger partial charge on any atom is -0.462 e. The van der Waals surface area contributed by atoms with Gasteiger partial charge in [0.15, 0.2) is 6.10 Å². The summed E-state index contributed by atoms with van der Waals surface area (Å²) < 4.78 is 32.6. The fourth-order valence-electron chi connectivity index (χ4n) is 6.36. The van der Waals surface area contributed by atoms with Gasteiger partial charge in [-0.1, -0.05) is 191 Å². The van der Waals surface area contributed by atoms with Gasteiger partial charge in [0.2, 0.25) is 0 Å². The number of esters is 2. The highest BCUT2D eigenvalue weighted by Crippen LogP contribution is 2.43. The van der Waals surface area contributed by atoms with Crippen molar-refractivity contribution in [3.63, 3.8) is 0 Å². The van der Waals surface area contributed by atoms with Gasteiger partial charge in [-0.3, -0.25) is 18.6 Å². The van der Waals surface area contributed by atoms with Crippen LogP contribution in [0, 0.1) is 0 Å². The third kappa shape index (κ3) is 42.4. The van der Waals surface area contributed by atoms with Crippen molar-refractivity contribution in [2.45, 2.75) is 212 Å². The molecule has 11 nitrogen and oxygen atoms in total. The molecule has 0 aromatic heterocycles. The summed E-state index contributed by atoms with van der Waals surface area (Å²) in [5.74, 6) is -1.06. The van der Waals surface area contributed by atoms with Crippen molar-refractivity contribution in [1.82, 2.24) is 0 Å². The van der Waals surface area contributed by atoms with Gasteiger partial charge in [0.05, 0.1) is 25.4 Å². The molecule has 0 aromatic rings. The lowest BCUT2D eigenvalue weighted by atomic mass is 10.0. The number of allylic oxidation sites excluding steroid dienone is 5. The van der Waals surface area contributed by atoms with Crippen LogP contribution in [-0.4, -0.2) is 71.7 Å². The smallest absolute Gasteiger partial charge is 0.462 e. The molecule has 0 aromatic carbocycles. The number of rotatable bonds is 43. The summed E-state index contributed by atoms with van der Waals surface area (Å²) in [6, 6.07) is 0. The number of unbranched alkanes of at least 4 members (excludes halogenated alkanes) is 21. The molecule has 0 rings (SSSR count). The van der Waals surface area contributed by atoms with Crippen molar-refractivity contribution in [3.05, 3.63) is 48.6 Å². The Bertz CT molecular complexity index is 1140. The van der Waals surface area contributed by atoms with Crippen molar-refractivity contribution < 1.29 is 47.8 Å². The molecular weight excluding hydrogens is 769 g/mol. The Hall–Kier alpha value is -2.11. The molecule has 0 aliphatic rings. The van der Waals surface area contributed by atoms with Gasteiger partial charge < -0.3 is 30.3 Å². The quantitative estimate of drug-likeness (QED) is 0.0151. The number of hydrogen-bond acceptors (Lipinski definition) is 10. The van der Waals surface area contributed by atoms with Crippen molar-refractivity contribution in [3.8, 4) is 0 Å². The van der Waals surface area contributed by atoms with E-state index in [0.717, 1.165) is 25.7 Å². The number of aliphatic hydroxyl groups excluding tert-OH is 2. The zero-order valence-corrected chi connectivity index (χ0v) is 38.1. The maximum Gasteiger partial charge on any atom is 0.472 e. The summed E-state index contributed by atoms with van der Waals surface area (Å²) in [5.41, 5.74) is 5.34. The van der Waals surface area contributed by atoms with Gasteiger partial charge >= 0.3 is 19.8 Å². The van der Waals surface area contributed by atoms with Crippen LogP contribution in [0.1, 0.15) is 194 Å². The van der Waals surface area contributed by atoms with Crippen molar-refractivity contribution in [1.29, 1.82) is 0 Å². The highest BCUT2D eigenvalue weighted by molar-refractivity contribution is 7.47. The Balaban J connectivity index is 4.33. The van der Waals surface area contributed by atoms with Crippen LogP contribution in [0.3, 0.4) is 0 Å². The maximum absolute atomic E-state index is 12.6. The molecule has 0 spiro atoms. The Kier molecular flexibility index (Phi) is 41.1. The van der Waals surface area contributed by atoms with Crippen LogP contribution in [0.4, 0.5) is 0 Å². The van der Waals surface area contributed by atoms with Gasteiger partial charge in [-0.25, -0.2) is 4.57 Å². The maximum atomic E-state index is 12.6. The first-order valence-electron chi connectivity index (χ1n) is 23.3. The Morgan fingerprint density at radius 1 is 0.593 bits per heavy atom. The second kappa shape index (κ2) is 42.6. The van der Waals surface area contributed by atoms with Crippen LogP contribution in [0.25, 0.3) is 0 Å². The summed E-state index contributed by atoms with van der Waals surface area (Å²) in [6.07, 6.45) is 42.0. The molecule has 4 atom stereocenters. The minimum absolute atomic E-state index is 0.0132. The molecule has 5 N–H and O–H groups in total. The van der Waals surface area contributed by atoms with Crippen LogP contribution in [0.15, 0.2) is 48.6 Å². The molecule has 0 fully saturated rings. The molecule has 0 aliphatic carbocycles. The molecule has 1 unspecified atom stereocenters. The predicted molar refractivity (Wildman–Crippen MR) is 241 cm³/mol. The topological polar surface area (TPSA) is 175 Å². The van der Waals surface area contributed by atoms with Gasteiger partial charge in [-0.05, 0) is 38.5 Å². The molecule has 0 saturated carbocycles. The average Bonchev–Trinajstić information content (AvgIpc) is 3.21. The summed E-state index contributed by atoms with van der Waals surface area (Å²) in [7, 11) is -4.45. The molecule has 0 amide bonds. The van der Waals surface area contributed by atoms with Crippen LogP contribution < -0.4 is 5.73 Å². The zero-order valence-electron chi connectivity index (χ0n) is 37.2. The van der Waals surface area contributed by atoms with E-state index in [0.29, 0.717) is 25.7 Å². The first-order valence-corrected chi connectivity index (χ1v) is 24.8. The Labute approximate surface area is 359 Å². The molecule has 344 valence electrons. The van der Waals surface area contributed by atoms with Crippen molar-refractivity contribution in [2.24, 2.45) is 5.73 Å². The lowest BCUT2D eigenvalue weighted by Gasteiger charge is -2.20. The number of carbonyl (C=O) groups is 2. The van der Waals surface area contributed by atoms with Gasteiger partial charge in [0, 0.05) is 19.4 Å². The van der Waals surface area contributed by atoms with Gasteiger partial charge in [-0.15, -0.1) is 0 Å². The van der Waals surface area contributed by atoms with E-state index in [-0.39, 0.29) is 32.6 Å². The first-order chi connectivity index (χ1) is 28.6. The summed E-state index contributed by atoms with van der Waals surface area (Å²) in [4.78, 5) is 35.0. The van der Waals surface area contributed by atoms with Gasteiger partial charge in [0.25, 0.3) is 0 Å². The van der Waals surface area contributed by atoms with E-state index >= 15 is 0 Å².